The van der Waals surface area contributed by atoms with E-state index in [1.54, 1.807) is 0 Å². The molecule has 0 radical (unpaired) electrons. The molecular formula is C13H14BrClN2O2. The molecule has 1 unspecified atom stereocenters. The molecule has 1 aromatic carbocycles. The summed E-state index contributed by atoms with van der Waals surface area (Å²) >= 11 is 9.31. The van der Waals surface area contributed by atoms with Crippen molar-refractivity contribution >= 4 is 39.3 Å². The minimum absolute atomic E-state index is 0.115. The number of likely N-dealkylation sites (N-methyl/N-ethyl adjacent to an activating group) is 1. The van der Waals surface area contributed by atoms with Gasteiger partial charge in [0.1, 0.15) is 0 Å². The Morgan fingerprint density at radius 3 is 2.89 bits per heavy atom. The van der Waals surface area contributed by atoms with E-state index in [-0.39, 0.29) is 17.9 Å². The first-order valence-corrected chi connectivity index (χ1v) is 7.14. The second-order valence-electron chi connectivity index (χ2n) is 4.50. The normalized spacial score (nSPS) is 19.9. The Morgan fingerprint density at radius 1 is 1.47 bits per heavy atom. The molecule has 0 spiro atoms. The minimum Gasteiger partial charge on any atom is -0.302 e. The third-order valence-corrected chi connectivity index (χ3v) is 4.18. The van der Waals surface area contributed by atoms with Gasteiger partial charge in [-0.1, -0.05) is 33.6 Å². The third-order valence-electron chi connectivity index (χ3n) is 3.20. The fraction of sp³-hybridized carbons (Fsp3) is 0.385. The van der Waals surface area contributed by atoms with Crippen LogP contribution in [0.25, 0.3) is 0 Å². The molecule has 0 aromatic heterocycles. The Bertz CT molecular complexity index is 521. The van der Waals surface area contributed by atoms with Crippen molar-refractivity contribution in [2.45, 2.75) is 25.4 Å². The number of carbonyl (C=O) groups excluding carboxylic acids is 2. The molecule has 1 atom stereocenters. The summed E-state index contributed by atoms with van der Waals surface area (Å²) in [6.07, 6.45) is 0.953. The number of likely N-dealkylation sites (tertiary alicyclic amines) is 1. The molecule has 4 nitrogen and oxygen atoms in total. The molecule has 1 fully saturated rings. The Morgan fingerprint density at radius 2 is 2.21 bits per heavy atom. The topological polar surface area (TPSA) is 49.4 Å². The number of hydrogen-bond donors (Lipinski definition) is 1. The maximum atomic E-state index is 11.9. The number of halogens is 2. The van der Waals surface area contributed by atoms with Crippen LogP contribution in [0.5, 0.6) is 0 Å². The molecule has 1 saturated heterocycles. The molecule has 1 N–H and O–H groups in total. The minimum atomic E-state index is -0.301. The fourth-order valence-electron chi connectivity index (χ4n) is 2.00. The maximum Gasteiger partial charge on any atom is 0.246 e. The summed E-state index contributed by atoms with van der Waals surface area (Å²) in [7, 11) is 1.52. The number of benzene rings is 1. The van der Waals surface area contributed by atoms with E-state index in [0.717, 1.165) is 10.0 Å². The van der Waals surface area contributed by atoms with Gasteiger partial charge in [0.2, 0.25) is 11.8 Å². The van der Waals surface area contributed by atoms with Crippen LogP contribution in [-0.4, -0.2) is 29.8 Å². The van der Waals surface area contributed by atoms with E-state index in [1.807, 2.05) is 18.2 Å². The van der Waals surface area contributed by atoms with Crippen molar-refractivity contribution in [3.8, 4) is 0 Å². The summed E-state index contributed by atoms with van der Waals surface area (Å²) in [6.45, 7) is 0.552. The predicted molar refractivity (Wildman–Crippen MR) is 76.8 cm³/mol. The van der Waals surface area contributed by atoms with Gasteiger partial charge in [-0.2, -0.15) is 0 Å². The summed E-state index contributed by atoms with van der Waals surface area (Å²) in [5.41, 5.74) is 1.02. The second-order valence-corrected chi connectivity index (χ2v) is 5.79. The van der Waals surface area contributed by atoms with E-state index in [1.165, 1.54) is 11.9 Å². The molecule has 2 amide bonds. The molecule has 1 aliphatic rings. The number of imide groups is 1. The van der Waals surface area contributed by atoms with Crippen molar-refractivity contribution in [3.05, 3.63) is 33.3 Å². The van der Waals surface area contributed by atoms with Gasteiger partial charge in [0.25, 0.3) is 0 Å². The number of piperidine rings is 1. The average Bonchev–Trinajstić information content (AvgIpc) is 2.37. The molecule has 0 saturated carbocycles. The van der Waals surface area contributed by atoms with Crippen LogP contribution in [0.1, 0.15) is 18.4 Å². The maximum absolute atomic E-state index is 11.9. The lowest BCUT2D eigenvalue weighted by molar-refractivity contribution is -0.148. The first-order valence-electron chi connectivity index (χ1n) is 5.96. The van der Waals surface area contributed by atoms with Gasteiger partial charge in [0, 0.05) is 29.5 Å². The summed E-state index contributed by atoms with van der Waals surface area (Å²) in [5, 5.41) is 3.84. The quantitative estimate of drug-likeness (QED) is 0.856. The van der Waals surface area contributed by atoms with Gasteiger partial charge < -0.3 is 5.32 Å². The van der Waals surface area contributed by atoms with Gasteiger partial charge in [-0.05, 0) is 24.1 Å². The first-order chi connectivity index (χ1) is 8.99. The molecule has 1 heterocycles. The SMILES string of the molecule is CN1C(=O)CCC(NCc2ccc(Cl)cc2Br)C1=O. The molecule has 1 aromatic rings. The van der Waals surface area contributed by atoms with Crippen LogP contribution < -0.4 is 5.32 Å². The smallest absolute Gasteiger partial charge is 0.246 e. The van der Waals surface area contributed by atoms with Gasteiger partial charge in [-0.3, -0.25) is 14.5 Å². The van der Waals surface area contributed by atoms with E-state index >= 15 is 0 Å². The van der Waals surface area contributed by atoms with Crippen LogP contribution >= 0.6 is 27.5 Å². The highest BCUT2D eigenvalue weighted by Crippen LogP contribution is 2.22. The number of amides is 2. The lowest BCUT2D eigenvalue weighted by Gasteiger charge is -2.28. The van der Waals surface area contributed by atoms with Crippen LogP contribution in [0.4, 0.5) is 0 Å². The third kappa shape index (κ3) is 3.35. The molecule has 2 rings (SSSR count). The average molecular weight is 346 g/mol. The second kappa shape index (κ2) is 6.03. The first kappa shape index (κ1) is 14.5. The molecular weight excluding hydrogens is 332 g/mol. The molecule has 0 aliphatic carbocycles. The highest BCUT2D eigenvalue weighted by atomic mass is 79.9. The Labute approximate surface area is 125 Å². The van der Waals surface area contributed by atoms with Gasteiger partial charge in [0.05, 0.1) is 6.04 Å². The Balaban J connectivity index is 1.99. The summed E-state index contributed by atoms with van der Waals surface area (Å²) in [4.78, 5) is 24.5. The summed E-state index contributed by atoms with van der Waals surface area (Å²) < 4.78 is 0.903. The predicted octanol–water partition coefficient (Wildman–Crippen LogP) is 2.34. The molecule has 102 valence electrons. The monoisotopic (exact) mass is 344 g/mol. The summed E-state index contributed by atoms with van der Waals surface area (Å²) in [6, 6.07) is 5.23. The standard InChI is InChI=1S/C13H14BrClN2O2/c1-17-12(18)5-4-11(13(17)19)16-7-8-2-3-9(15)6-10(8)14/h2-3,6,11,16H,4-5,7H2,1H3. The lowest BCUT2D eigenvalue weighted by atomic mass is 10.0. The molecule has 19 heavy (non-hydrogen) atoms. The van der Waals surface area contributed by atoms with E-state index in [9.17, 15) is 9.59 Å². The zero-order valence-corrected chi connectivity index (χ0v) is 12.8. The van der Waals surface area contributed by atoms with Crippen molar-refractivity contribution in [1.82, 2.24) is 10.2 Å². The van der Waals surface area contributed by atoms with E-state index in [4.69, 9.17) is 11.6 Å². The van der Waals surface area contributed by atoms with Crippen LogP contribution in [0.3, 0.4) is 0 Å². The van der Waals surface area contributed by atoms with E-state index in [2.05, 4.69) is 21.2 Å². The van der Waals surface area contributed by atoms with Crippen molar-refractivity contribution < 1.29 is 9.59 Å². The number of carbonyl (C=O) groups is 2. The Hall–Kier alpha value is -0.910. The highest BCUT2D eigenvalue weighted by molar-refractivity contribution is 9.10. The number of rotatable bonds is 3. The van der Waals surface area contributed by atoms with Crippen LogP contribution in [0.2, 0.25) is 5.02 Å². The number of nitrogens with one attached hydrogen (secondary N) is 1. The van der Waals surface area contributed by atoms with Gasteiger partial charge in [-0.25, -0.2) is 0 Å². The number of hydrogen-bond acceptors (Lipinski definition) is 3. The number of nitrogens with zero attached hydrogens (tertiary/aromatic N) is 1. The van der Waals surface area contributed by atoms with Crippen molar-refractivity contribution in [3.63, 3.8) is 0 Å². The summed E-state index contributed by atoms with van der Waals surface area (Å²) in [5.74, 6) is -0.281. The lowest BCUT2D eigenvalue weighted by Crippen LogP contribution is -2.51. The van der Waals surface area contributed by atoms with Crippen molar-refractivity contribution in [2.75, 3.05) is 7.05 Å². The Kier molecular flexibility index (Phi) is 4.60. The van der Waals surface area contributed by atoms with E-state index < -0.39 is 0 Å². The highest BCUT2D eigenvalue weighted by Gasteiger charge is 2.31. The molecule has 6 heteroatoms. The van der Waals surface area contributed by atoms with E-state index in [0.29, 0.717) is 24.4 Å². The van der Waals surface area contributed by atoms with Crippen LogP contribution in [-0.2, 0) is 16.1 Å². The van der Waals surface area contributed by atoms with Gasteiger partial charge in [-0.15, -0.1) is 0 Å². The van der Waals surface area contributed by atoms with Crippen molar-refractivity contribution in [1.29, 1.82) is 0 Å². The van der Waals surface area contributed by atoms with Crippen LogP contribution in [0.15, 0.2) is 22.7 Å². The van der Waals surface area contributed by atoms with Gasteiger partial charge >= 0.3 is 0 Å². The zero-order valence-electron chi connectivity index (χ0n) is 10.5. The van der Waals surface area contributed by atoms with Crippen LogP contribution in [0, 0.1) is 0 Å². The zero-order chi connectivity index (χ0) is 14.0. The molecule has 0 bridgehead atoms. The van der Waals surface area contributed by atoms with Crippen molar-refractivity contribution in [2.24, 2.45) is 0 Å². The van der Waals surface area contributed by atoms with Gasteiger partial charge in [0.15, 0.2) is 0 Å². The molecule has 1 aliphatic heterocycles. The fourth-order valence-corrected chi connectivity index (χ4v) is 2.83. The largest absolute Gasteiger partial charge is 0.302 e.